The third-order valence-electron chi connectivity index (χ3n) is 2.17. The highest BCUT2D eigenvalue weighted by Crippen LogP contribution is 2.02. The molecule has 0 saturated heterocycles. The lowest BCUT2D eigenvalue weighted by Crippen LogP contribution is -2.39. The van der Waals surface area contributed by atoms with Gasteiger partial charge in [0.05, 0.1) is 0 Å². The fourth-order valence-corrected chi connectivity index (χ4v) is 1.17. The summed E-state index contributed by atoms with van der Waals surface area (Å²) in [5.74, 6) is -0.978. The first kappa shape index (κ1) is 15.6. The maximum Gasteiger partial charge on any atom is 0.331 e. The minimum Gasteiger partial charge on any atom is -0.459 e. The van der Waals surface area contributed by atoms with Crippen LogP contribution < -0.4 is 5.73 Å². The van der Waals surface area contributed by atoms with Crippen molar-refractivity contribution in [2.75, 3.05) is 0 Å². The summed E-state index contributed by atoms with van der Waals surface area (Å²) in [5, 5.41) is 0. The molecule has 0 aliphatic rings. The molecule has 5 heteroatoms. The van der Waals surface area contributed by atoms with Crippen LogP contribution in [0.1, 0.15) is 18.9 Å². The van der Waals surface area contributed by atoms with Crippen LogP contribution in [0.2, 0.25) is 0 Å². The van der Waals surface area contributed by atoms with Crippen molar-refractivity contribution in [3.8, 4) is 0 Å². The Hall–Kier alpha value is -1.39. The zero-order chi connectivity index (χ0) is 12.0. The van der Waals surface area contributed by atoms with Gasteiger partial charge in [0.25, 0.3) is 0 Å². The number of carbonyl (C=O) groups excluding carboxylic acids is 2. The number of ketones is 1. The van der Waals surface area contributed by atoms with Crippen molar-refractivity contribution in [1.82, 2.24) is 0 Å². The Kier molecular flexibility index (Phi) is 7.18. The largest absolute Gasteiger partial charge is 0.459 e. The fourth-order valence-electron chi connectivity index (χ4n) is 1.17. The van der Waals surface area contributed by atoms with Gasteiger partial charge in [-0.05, 0) is 5.56 Å². The van der Waals surface area contributed by atoms with Crippen LogP contribution in [-0.2, 0) is 20.9 Å². The smallest absolute Gasteiger partial charge is 0.331 e. The molecular weight excluding hydrogens is 242 g/mol. The molecule has 0 bridgehead atoms. The molecule has 4 nitrogen and oxygen atoms in total. The monoisotopic (exact) mass is 257 g/mol. The van der Waals surface area contributed by atoms with E-state index in [0.717, 1.165) is 5.56 Å². The normalized spacial score (nSPS) is 11.2. The zero-order valence-corrected chi connectivity index (χ0v) is 10.4. The average molecular weight is 258 g/mol. The van der Waals surface area contributed by atoms with Crippen LogP contribution in [0, 0.1) is 0 Å². The SMILES string of the molecule is CCC(=O)C(N)C(=O)OCc1ccccc1.Cl. The number of rotatable bonds is 5. The van der Waals surface area contributed by atoms with E-state index in [-0.39, 0.29) is 31.2 Å². The molecule has 17 heavy (non-hydrogen) atoms. The summed E-state index contributed by atoms with van der Waals surface area (Å²) >= 11 is 0. The van der Waals surface area contributed by atoms with Crippen molar-refractivity contribution in [3.05, 3.63) is 35.9 Å². The molecule has 1 atom stereocenters. The second-order valence-corrected chi connectivity index (χ2v) is 3.39. The van der Waals surface area contributed by atoms with Crippen LogP contribution in [0.5, 0.6) is 0 Å². The van der Waals surface area contributed by atoms with Crippen molar-refractivity contribution in [1.29, 1.82) is 0 Å². The molecule has 0 spiro atoms. The van der Waals surface area contributed by atoms with Gasteiger partial charge in [0.15, 0.2) is 11.8 Å². The van der Waals surface area contributed by atoms with E-state index in [0.29, 0.717) is 0 Å². The Morgan fingerprint density at radius 2 is 1.88 bits per heavy atom. The summed E-state index contributed by atoms with van der Waals surface area (Å²) < 4.78 is 4.93. The molecule has 0 aliphatic carbocycles. The third kappa shape index (κ3) is 4.97. The van der Waals surface area contributed by atoms with Gasteiger partial charge < -0.3 is 10.5 Å². The topological polar surface area (TPSA) is 69.4 Å². The molecule has 0 fully saturated rings. The van der Waals surface area contributed by atoms with Crippen LogP contribution in [0.15, 0.2) is 30.3 Å². The van der Waals surface area contributed by atoms with Crippen LogP contribution in [0.25, 0.3) is 0 Å². The maximum absolute atomic E-state index is 11.3. The Bertz CT molecular complexity index is 367. The molecule has 1 rings (SSSR count). The van der Waals surface area contributed by atoms with E-state index in [9.17, 15) is 9.59 Å². The predicted octanol–water partition coefficient (Wildman–Crippen LogP) is 1.46. The van der Waals surface area contributed by atoms with Crippen molar-refractivity contribution in [2.24, 2.45) is 5.73 Å². The van der Waals surface area contributed by atoms with E-state index in [1.807, 2.05) is 30.3 Å². The van der Waals surface area contributed by atoms with E-state index < -0.39 is 12.0 Å². The van der Waals surface area contributed by atoms with E-state index >= 15 is 0 Å². The number of Topliss-reactive ketones (excluding diaryl/α,β-unsaturated/α-hetero) is 1. The van der Waals surface area contributed by atoms with Gasteiger partial charge in [0.1, 0.15) is 6.61 Å². The molecule has 1 aromatic rings. The minimum atomic E-state index is -1.16. The number of esters is 1. The summed E-state index contributed by atoms with van der Waals surface area (Å²) in [6.07, 6.45) is 0.238. The Labute approximate surface area is 107 Å². The predicted molar refractivity (Wildman–Crippen MR) is 66.8 cm³/mol. The number of hydrogen-bond acceptors (Lipinski definition) is 4. The first-order chi connectivity index (χ1) is 7.65. The standard InChI is InChI=1S/C12H15NO3.ClH/c1-2-10(14)11(13)12(15)16-8-9-6-4-3-5-7-9;/h3-7,11H,2,8,13H2,1H3;1H. The summed E-state index contributed by atoms with van der Waals surface area (Å²) in [4.78, 5) is 22.5. The zero-order valence-electron chi connectivity index (χ0n) is 9.59. The number of hydrogen-bond donors (Lipinski definition) is 1. The quantitative estimate of drug-likeness (QED) is 0.640. The van der Waals surface area contributed by atoms with Gasteiger partial charge in [-0.15, -0.1) is 12.4 Å². The van der Waals surface area contributed by atoms with Gasteiger partial charge in [-0.1, -0.05) is 37.3 Å². The lowest BCUT2D eigenvalue weighted by Gasteiger charge is -2.09. The second-order valence-electron chi connectivity index (χ2n) is 3.39. The van der Waals surface area contributed by atoms with E-state index in [1.54, 1.807) is 6.92 Å². The number of carbonyl (C=O) groups is 2. The van der Waals surface area contributed by atoms with Gasteiger partial charge in [0, 0.05) is 6.42 Å². The molecule has 1 aromatic carbocycles. The van der Waals surface area contributed by atoms with Crippen molar-refractivity contribution < 1.29 is 14.3 Å². The highest BCUT2D eigenvalue weighted by Gasteiger charge is 2.21. The lowest BCUT2D eigenvalue weighted by atomic mass is 10.1. The van der Waals surface area contributed by atoms with E-state index in [4.69, 9.17) is 10.5 Å². The molecule has 94 valence electrons. The number of ether oxygens (including phenoxy) is 1. The highest BCUT2D eigenvalue weighted by atomic mass is 35.5. The van der Waals surface area contributed by atoms with Crippen molar-refractivity contribution in [2.45, 2.75) is 26.0 Å². The van der Waals surface area contributed by atoms with Crippen LogP contribution >= 0.6 is 12.4 Å². The molecule has 0 aliphatic heterocycles. The van der Waals surface area contributed by atoms with Gasteiger partial charge >= 0.3 is 5.97 Å². The van der Waals surface area contributed by atoms with Crippen molar-refractivity contribution >= 4 is 24.2 Å². The van der Waals surface area contributed by atoms with E-state index in [1.165, 1.54) is 0 Å². The second kappa shape index (κ2) is 7.81. The van der Waals surface area contributed by atoms with Gasteiger partial charge in [-0.25, -0.2) is 4.79 Å². The number of benzene rings is 1. The number of nitrogens with two attached hydrogens (primary N) is 1. The minimum absolute atomic E-state index is 0. The summed E-state index contributed by atoms with van der Waals surface area (Å²) in [6.45, 7) is 1.80. The van der Waals surface area contributed by atoms with Crippen LogP contribution in [-0.4, -0.2) is 17.8 Å². The number of halogens is 1. The Morgan fingerprint density at radius 1 is 1.29 bits per heavy atom. The maximum atomic E-state index is 11.3. The van der Waals surface area contributed by atoms with Crippen LogP contribution in [0.4, 0.5) is 0 Å². The van der Waals surface area contributed by atoms with Gasteiger partial charge in [-0.3, -0.25) is 4.79 Å². The molecule has 0 radical (unpaired) electrons. The van der Waals surface area contributed by atoms with E-state index in [2.05, 4.69) is 0 Å². The van der Waals surface area contributed by atoms with Gasteiger partial charge in [0.2, 0.25) is 0 Å². The Morgan fingerprint density at radius 3 is 2.41 bits per heavy atom. The van der Waals surface area contributed by atoms with Gasteiger partial charge in [-0.2, -0.15) is 0 Å². The first-order valence-electron chi connectivity index (χ1n) is 5.14. The molecule has 1 unspecified atom stereocenters. The Balaban J connectivity index is 0.00000256. The molecule has 0 amide bonds. The van der Waals surface area contributed by atoms with Crippen LogP contribution in [0.3, 0.4) is 0 Å². The summed E-state index contributed by atoms with van der Waals surface area (Å²) in [7, 11) is 0. The molecular formula is C12H16ClNO3. The third-order valence-corrected chi connectivity index (χ3v) is 2.17. The lowest BCUT2D eigenvalue weighted by molar-refractivity contribution is -0.149. The highest BCUT2D eigenvalue weighted by molar-refractivity contribution is 6.02. The summed E-state index contributed by atoms with van der Waals surface area (Å²) in [5.41, 5.74) is 6.28. The molecule has 0 heterocycles. The fraction of sp³-hybridized carbons (Fsp3) is 0.333. The molecule has 2 N–H and O–H groups in total. The summed E-state index contributed by atoms with van der Waals surface area (Å²) in [6, 6.07) is 8.08. The molecule has 0 aromatic heterocycles. The average Bonchev–Trinajstić information content (AvgIpc) is 2.35. The molecule has 0 saturated carbocycles. The first-order valence-corrected chi connectivity index (χ1v) is 5.14. The van der Waals surface area contributed by atoms with Crippen molar-refractivity contribution in [3.63, 3.8) is 0 Å².